The van der Waals surface area contributed by atoms with E-state index < -0.39 is 6.10 Å². The first-order chi connectivity index (χ1) is 5.29. The van der Waals surface area contributed by atoms with Crippen LogP contribution >= 0.6 is 27.3 Å². The fourth-order valence-electron chi connectivity index (χ4n) is 0.750. The zero-order valence-electron chi connectivity index (χ0n) is 5.91. The number of thiophene rings is 1. The lowest BCUT2D eigenvalue weighted by atomic mass is 10.2. The zero-order valence-corrected chi connectivity index (χ0v) is 8.31. The Labute approximate surface area is 77.3 Å². The van der Waals surface area contributed by atoms with Crippen LogP contribution in [-0.4, -0.2) is 13.4 Å². The normalized spacial score (nSPS) is 12.9. The van der Waals surface area contributed by atoms with Crippen molar-refractivity contribution in [3.8, 4) is 0 Å². The fraction of sp³-hybridized carbons (Fsp3) is 0.286. The first kappa shape index (κ1) is 8.90. The molecular formula is C7H7BrO2S. The van der Waals surface area contributed by atoms with E-state index in [0.29, 0.717) is 0 Å². The number of ether oxygens (including phenoxy) is 1. The monoisotopic (exact) mass is 234 g/mol. The van der Waals surface area contributed by atoms with Gasteiger partial charge in [-0.3, -0.25) is 0 Å². The lowest BCUT2D eigenvalue weighted by Gasteiger charge is -2.05. The smallest absolute Gasteiger partial charge is 0.153 e. The van der Waals surface area contributed by atoms with E-state index in [2.05, 4.69) is 15.9 Å². The van der Waals surface area contributed by atoms with Crippen molar-refractivity contribution in [2.75, 3.05) is 7.11 Å². The van der Waals surface area contributed by atoms with Crippen LogP contribution in [0.4, 0.5) is 0 Å². The van der Waals surface area contributed by atoms with Gasteiger partial charge in [-0.25, -0.2) is 0 Å². The average Bonchev–Trinajstić information content (AvgIpc) is 2.40. The molecule has 0 aliphatic heterocycles. The summed E-state index contributed by atoms with van der Waals surface area (Å²) in [6, 6.07) is 0. The van der Waals surface area contributed by atoms with E-state index in [0.717, 1.165) is 16.3 Å². The van der Waals surface area contributed by atoms with E-state index in [1.807, 2.05) is 10.8 Å². The number of carbonyl (C=O) groups is 1. The van der Waals surface area contributed by atoms with Gasteiger partial charge in [-0.1, -0.05) is 0 Å². The molecule has 1 unspecified atom stereocenters. The summed E-state index contributed by atoms with van der Waals surface area (Å²) < 4.78 is 5.87. The van der Waals surface area contributed by atoms with Crippen LogP contribution in [0, 0.1) is 0 Å². The Morgan fingerprint density at radius 3 is 2.82 bits per heavy atom. The molecule has 1 aromatic heterocycles. The van der Waals surface area contributed by atoms with Crippen molar-refractivity contribution in [2.24, 2.45) is 0 Å². The maximum absolute atomic E-state index is 10.4. The molecule has 1 heterocycles. The minimum atomic E-state index is -0.435. The second-order valence-electron chi connectivity index (χ2n) is 1.97. The van der Waals surface area contributed by atoms with Gasteiger partial charge in [0.25, 0.3) is 0 Å². The first-order valence-electron chi connectivity index (χ1n) is 2.99. The van der Waals surface area contributed by atoms with Crippen molar-refractivity contribution in [2.45, 2.75) is 6.10 Å². The SMILES string of the molecule is COC(C=O)c1cscc1Br. The summed E-state index contributed by atoms with van der Waals surface area (Å²) in [5.74, 6) is 0. The minimum Gasteiger partial charge on any atom is -0.369 e. The number of aldehydes is 1. The molecule has 0 amide bonds. The highest BCUT2D eigenvalue weighted by Crippen LogP contribution is 2.27. The second-order valence-corrected chi connectivity index (χ2v) is 3.57. The van der Waals surface area contributed by atoms with Crippen molar-refractivity contribution < 1.29 is 9.53 Å². The van der Waals surface area contributed by atoms with Gasteiger partial charge in [-0.2, -0.15) is 11.3 Å². The molecule has 1 rings (SSSR count). The van der Waals surface area contributed by atoms with Crippen LogP contribution in [0.25, 0.3) is 0 Å². The topological polar surface area (TPSA) is 26.3 Å². The molecule has 0 N–H and O–H groups in total. The molecule has 1 atom stereocenters. The Hall–Kier alpha value is -0.190. The Kier molecular flexibility index (Phi) is 3.23. The standard InChI is InChI=1S/C7H7BrO2S/c1-10-7(2-9)5-3-11-4-6(5)8/h2-4,7H,1H3. The fourth-order valence-corrected chi connectivity index (χ4v) is 2.30. The number of rotatable bonds is 3. The summed E-state index contributed by atoms with van der Waals surface area (Å²) in [4.78, 5) is 10.4. The molecule has 4 heteroatoms. The summed E-state index contributed by atoms with van der Waals surface area (Å²) in [5, 5.41) is 3.82. The van der Waals surface area contributed by atoms with E-state index in [9.17, 15) is 4.79 Å². The molecule has 0 aliphatic rings. The summed E-state index contributed by atoms with van der Waals surface area (Å²) >= 11 is 4.86. The third-order valence-electron chi connectivity index (χ3n) is 1.33. The summed E-state index contributed by atoms with van der Waals surface area (Å²) in [5.41, 5.74) is 0.896. The molecule has 0 aliphatic carbocycles. The Balaban J connectivity index is 2.89. The van der Waals surface area contributed by atoms with Crippen LogP contribution in [0.3, 0.4) is 0 Å². The molecule has 1 aromatic rings. The van der Waals surface area contributed by atoms with Crippen LogP contribution in [0.1, 0.15) is 11.7 Å². The molecule has 0 radical (unpaired) electrons. The van der Waals surface area contributed by atoms with Gasteiger partial charge >= 0.3 is 0 Å². The lowest BCUT2D eigenvalue weighted by Crippen LogP contribution is -2.01. The summed E-state index contributed by atoms with van der Waals surface area (Å²) in [7, 11) is 1.52. The number of halogens is 1. The maximum atomic E-state index is 10.4. The van der Waals surface area contributed by atoms with Crippen LogP contribution in [0.15, 0.2) is 15.2 Å². The van der Waals surface area contributed by atoms with Gasteiger partial charge in [0.05, 0.1) is 0 Å². The molecule has 11 heavy (non-hydrogen) atoms. The van der Waals surface area contributed by atoms with Gasteiger partial charge in [0.2, 0.25) is 0 Å². The number of hydrogen-bond acceptors (Lipinski definition) is 3. The van der Waals surface area contributed by atoms with Gasteiger partial charge in [-0.15, -0.1) is 0 Å². The van der Waals surface area contributed by atoms with Crippen molar-refractivity contribution in [1.82, 2.24) is 0 Å². The van der Waals surface area contributed by atoms with Gasteiger partial charge in [0.1, 0.15) is 6.10 Å². The molecule has 0 aromatic carbocycles. The zero-order chi connectivity index (χ0) is 8.27. The highest BCUT2D eigenvalue weighted by molar-refractivity contribution is 9.10. The van der Waals surface area contributed by atoms with E-state index in [-0.39, 0.29) is 0 Å². The quantitative estimate of drug-likeness (QED) is 0.752. The third-order valence-corrected chi connectivity index (χ3v) is 3.08. The van der Waals surface area contributed by atoms with Crippen LogP contribution in [0.2, 0.25) is 0 Å². The first-order valence-corrected chi connectivity index (χ1v) is 4.73. The third kappa shape index (κ3) is 1.89. The van der Waals surface area contributed by atoms with E-state index >= 15 is 0 Å². The summed E-state index contributed by atoms with van der Waals surface area (Å²) in [6.07, 6.45) is 0.350. The second kappa shape index (κ2) is 3.99. The number of methoxy groups -OCH3 is 1. The lowest BCUT2D eigenvalue weighted by molar-refractivity contribution is -0.116. The molecular weight excluding hydrogens is 228 g/mol. The molecule has 0 saturated heterocycles. The van der Waals surface area contributed by atoms with Crippen molar-refractivity contribution in [1.29, 1.82) is 0 Å². The minimum absolute atomic E-state index is 0.435. The van der Waals surface area contributed by atoms with Gasteiger partial charge in [-0.05, 0) is 21.3 Å². The van der Waals surface area contributed by atoms with E-state index in [1.54, 1.807) is 0 Å². The van der Waals surface area contributed by atoms with Gasteiger partial charge in [0.15, 0.2) is 6.29 Å². The highest BCUT2D eigenvalue weighted by atomic mass is 79.9. The maximum Gasteiger partial charge on any atom is 0.153 e. The molecule has 60 valence electrons. The molecule has 2 nitrogen and oxygen atoms in total. The Bertz CT molecular complexity index is 246. The number of hydrogen-bond donors (Lipinski definition) is 0. The van der Waals surface area contributed by atoms with Crippen molar-refractivity contribution in [3.05, 3.63) is 20.8 Å². The predicted octanol–water partition coefficient (Wildman–Crippen LogP) is 2.40. The summed E-state index contributed by atoms with van der Waals surface area (Å²) in [6.45, 7) is 0. The van der Waals surface area contributed by atoms with Crippen LogP contribution < -0.4 is 0 Å². The van der Waals surface area contributed by atoms with Crippen molar-refractivity contribution >= 4 is 33.6 Å². The highest BCUT2D eigenvalue weighted by Gasteiger charge is 2.12. The molecule has 0 bridgehead atoms. The van der Waals surface area contributed by atoms with E-state index in [4.69, 9.17) is 4.74 Å². The predicted molar refractivity (Wildman–Crippen MR) is 47.8 cm³/mol. The van der Waals surface area contributed by atoms with E-state index in [1.165, 1.54) is 18.4 Å². The molecule has 0 saturated carbocycles. The van der Waals surface area contributed by atoms with Crippen LogP contribution in [-0.2, 0) is 9.53 Å². The Morgan fingerprint density at radius 2 is 2.45 bits per heavy atom. The van der Waals surface area contributed by atoms with Gasteiger partial charge < -0.3 is 9.53 Å². The molecule has 0 spiro atoms. The number of carbonyl (C=O) groups excluding carboxylic acids is 1. The van der Waals surface area contributed by atoms with Crippen molar-refractivity contribution in [3.63, 3.8) is 0 Å². The largest absolute Gasteiger partial charge is 0.369 e. The van der Waals surface area contributed by atoms with Gasteiger partial charge in [0, 0.05) is 22.5 Å². The van der Waals surface area contributed by atoms with Crippen LogP contribution in [0.5, 0.6) is 0 Å². The Morgan fingerprint density at radius 1 is 1.73 bits per heavy atom. The molecule has 0 fully saturated rings. The average molecular weight is 235 g/mol.